The van der Waals surface area contributed by atoms with Crippen LogP contribution >= 0.6 is 23.5 Å². The van der Waals surface area contributed by atoms with E-state index in [1.54, 1.807) is 0 Å². The molecule has 0 bridgehead atoms. The zero-order valence-corrected chi connectivity index (χ0v) is 19.5. The first-order valence-corrected chi connectivity index (χ1v) is 13.2. The third kappa shape index (κ3) is 4.65. The molecule has 0 N–H and O–H groups in total. The number of para-hydroxylation sites is 2. The van der Waals surface area contributed by atoms with Gasteiger partial charge in [0.25, 0.3) is 0 Å². The van der Waals surface area contributed by atoms with Gasteiger partial charge in [-0.05, 0) is 49.6 Å². The highest BCUT2D eigenvalue weighted by Gasteiger charge is 2.16. The van der Waals surface area contributed by atoms with Gasteiger partial charge in [0.05, 0.1) is 0 Å². The van der Waals surface area contributed by atoms with Gasteiger partial charge in [-0.25, -0.2) is 0 Å². The van der Waals surface area contributed by atoms with Crippen molar-refractivity contribution in [2.24, 2.45) is 0 Å². The number of hydrogen-bond donors (Lipinski definition) is 0. The van der Waals surface area contributed by atoms with Crippen LogP contribution in [0.15, 0.2) is 82.8 Å². The molecule has 0 saturated heterocycles. The van der Waals surface area contributed by atoms with Gasteiger partial charge in [-0.1, -0.05) is 47.8 Å². The second-order valence-corrected chi connectivity index (χ2v) is 9.24. The lowest BCUT2D eigenvalue weighted by atomic mass is 10.1. The smallest absolute Gasteiger partial charge is 0.186 e. The second kappa shape index (κ2) is 10.3. The Morgan fingerprint density at radius 1 is 0.533 bits per heavy atom. The van der Waals surface area contributed by atoms with Crippen molar-refractivity contribution in [2.45, 2.75) is 48.8 Å². The molecule has 0 spiro atoms. The fourth-order valence-corrected chi connectivity index (χ4v) is 5.43. The lowest BCUT2D eigenvalue weighted by molar-refractivity contribution is -0.709. The van der Waals surface area contributed by atoms with E-state index in [0.717, 1.165) is 13.1 Å². The standard InChI is InChI=1S/C26H30N2S2/c1-29-25-17-15-21-11-5-7-13-23(21)27(25)19-9-3-4-10-20-28-24-14-8-6-12-22(24)16-18-26(28)30-2/h5-8,11-18H,3-4,9-10,19-20H2,1-2H3/q+2. The zero-order chi connectivity index (χ0) is 20.8. The molecule has 30 heavy (non-hydrogen) atoms. The fourth-order valence-electron chi connectivity index (χ4n) is 4.20. The molecule has 2 aromatic heterocycles. The van der Waals surface area contributed by atoms with E-state index in [1.807, 2.05) is 23.5 Å². The van der Waals surface area contributed by atoms with Crippen molar-refractivity contribution >= 4 is 45.3 Å². The largest absolute Gasteiger partial charge is 0.240 e. The van der Waals surface area contributed by atoms with E-state index in [-0.39, 0.29) is 0 Å². The number of rotatable bonds is 9. The summed E-state index contributed by atoms with van der Waals surface area (Å²) in [6.07, 6.45) is 9.33. The average Bonchev–Trinajstić information content (AvgIpc) is 2.81. The molecule has 4 heteroatoms. The first-order valence-electron chi connectivity index (χ1n) is 10.7. The molecule has 4 aromatic rings. The third-order valence-electron chi connectivity index (χ3n) is 5.73. The van der Waals surface area contributed by atoms with E-state index in [4.69, 9.17) is 0 Å². The van der Waals surface area contributed by atoms with Gasteiger partial charge < -0.3 is 0 Å². The summed E-state index contributed by atoms with van der Waals surface area (Å²) in [5.41, 5.74) is 2.69. The number of unbranched alkanes of at least 4 members (excludes halogenated alkanes) is 3. The Bertz CT molecular complexity index is 1050. The molecule has 0 aliphatic rings. The molecule has 4 rings (SSSR count). The Kier molecular flexibility index (Phi) is 7.29. The molecule has 0 aliphatic carbocycles. The Hall–Kier alpha value is -2.04. The Morgan fingerprint density at radius 3 is 1.40 bits per heavy atom. The van der Waals surface area contributed by atoms with E-state index in [9.17, 15) is 0 Å². The molecule has 0 atom stereocenters. The van der Waals surface area contributed by atoms with E-state index >= 15 is 0 Å². The van der Waals surface area contributed by atoms with Crippen LogP contribution < -0.4 is 9.13 Å². The second-order valence-electron chi connectivity index (χ2n) is 7.59. The van der Waals surface area contributed by atoms with Crippen LogP contribution in [0.2, 0.25) is 0 Å². The van der Waals surface area contributed by atoms with Crippen LogP contribution in [0.1, 0.15) is 25.7 Å². The predicted molar refractivity (Wildman–Crippen MR) is 130 cm³/mol. The number of pyridine rings is 2. The molecule has 0 fully saturated rings. The zero-order valence-electron chi connectivity index (χ0n) is 17.9. The van der Waals surface area contributed by atoms with Gasteiger partial charge in [0.1, 0.15) is 13.1 Å². The summed E-state index contributed by atoms with van der Waals surface area (Å²) in [7, 11) is 0. The number of aromatic nitrogens is 2. The van der Waals surface area contributed by atoms with Crippen molar-refractivity contribution in [1.29, 1.82) is 0 Å². The number of hydrogen-bond acceptors (Lipinski definition) is 2. The molecule has 0 saturated carbocycles. The molecule has 2 aromatic carbocycles. The molecular formula is C26H30N2S2+2. The number of aryl methyl sites for hydroxylation is 2. The predicted octanol–water partition coefficient (Wildman–Crippen LogP) is 6.27. The summed E-state index contributed by atoms with van der Waals surface area (Å²) < 4.78 is 4.98. The highest BCUT2D eigenvalue weighted by molar-refractivity contribution is 7.98. The number of fused-ring (bicyclic) bond motifs is 2. The monoisotopic (exact) mass is 434 g/mol. The van der Waals surface area contributed by atoms with Gasteiger partial charge >= 0.3 is 0 Å². The SMILES string of the molecule is CSc1ccc2ccccc2[n+]1CCCCCC[n+]1c(SC)ccc2ccccc21. The summed E-state index contributed by atoms with van der Waals surface area (Å²) in [4.78, 5) is 0. The van der Waals surface area contributed by atoms with Gasteiger partial charge in [-0.2, -0.15) is 9.13 Å². The van der Waals surface area contributed by atoms with Crippen molar-refractivity contribution in [3.63, 3.8) is 0 Å². The van der Waals surface area contributed by atoms with Crippen LogP contribution in [-0.2, 0) is 13.1 Å². The Balaban J connectivity index is 1.36. The van der Waals surface area contributed by atoms with Gasteiger partial charge in [0.15, 0.2) is 0 Å². The topological polar surface area (TPSA) is 7.76 Å². The Labute approximate surface area is 188 Å². The Morgan fingerprint density at radius 2 is 0.967 bits per heavy atom. The normalized spacial score (nSPS) is 11.4. The van der Waals surface area contributed by atoms with Crippen molar-refractivity contribution in [3.8, 4) is 0 Å². The summed E-state index contributed by atoms with van der Waals surface area (Å²) in [5, 5.41) is 5.36. The maximum Gasteiger partial charge on any atom is 0.240 e. The maximum atomic E-state index is 2.49. The minimum Gasteiger partial charge on any atom is -0.186 e. The number of nitrogens with zero attached hydrogens (tertiary/aromatic N) is 2. The highest BCUT2D eigenvalue weighted by atomic mass is 32.2. The van der Waals surface area contributed by atoms with E-state index in [0.29, 0.717) is 0 Å². The molecule has 154 valence electrons. The van der Waals surface area contributed by atoms with E-state index < -0.39 is 0 Å². The minimum atomic E-state index is 1.09. The first kappa shape index (κ1) is 21.2. The van der Waals surface area contributed by atoms with Gasteiger partial charge in [0, 0.05) is 47.9 Å². The first-order chi connectivity index (χ1) is 14.8. The summed E-state index contributed by atoms with van der Waals surface area (Å²) in [6.45, 7) is 2.18. The summed E-state index contributed by atoms with van der Waals surface area (Å²) in [5.74, 6) is 0. The van der Waals surface area contributed by atoms with Gasteiger partial charge in [-0.3, -0.25) is 0 Å². The summed E-state index contributed by atoms with van der Waals surface area (Å²) >= 11 is 3.68. The molecule has 2 heterocycles. The average molecular weight is 435 g/mol. The quantitative estimate of drug-likeness (QED) is 0.174. The number of benzene rings is 2. The molecule has 2 nitrogen and oxygen atoms in total. The van der Waals surface area contributed by atoms with Crippen molar-refractivity contribution in [1.82, 2.24) is 0 Å². The molecule has 0 aliphatic heterocycles. The highest BCUT2D eigenvalue weighted by Crippen LogP contribution is 2.18. The van der Waals surface area contributed by atoms with Crippen LogP contribution in [0.4, 0.5) is 0 Å². The van der Waals surface area contributed by atoms with Crippen molar-refractivity contribution < 1.29 is 9.13 Å². The fraction of sp³-hybridized carbons (Fsp3) is 0.308. The van der Waals surface area contributed by atoms with Crippen LogP contribution in [0.25, 0.3) is 21.8 Å². The van der Waals surface area contributed by atoms with E-state index in [1.165, 1.54) is 57.5 Å². The van der Waals surface area contributed by atoms with Gasteiger partial charge in [-0.15, -0.1) is 0 Å². The van der Waals surface area contributed by atoms with Crippen LogP contribution in [0, 0.1) is 0 Å². The molecular weight excluding hydrogens is 404 g/mol. The van der Waals surface area contributed by atoms with Crippen molar-refractivity contribution in [3.05, 3.63) is 72.8 Å². The number of thioether (sulfide) groups is 2. The molecule has 0 amide bonds. The maximum absolute atomic E-state index is 2.49. The van der Waals surface area contributed by atoms with Crippen LogP contribution in [0.5, 0.6) is 0 Å². The third-order valence-corrected chi connectivity index (χ3v) is 7.28. The van der Waals surface area contributed by atoms with Gasteiger partial charge in [0.2, 0.25) is 21.1 Å². The minimum absolute atomic E-state index is 1.09. The molecule has 0 radical (unpaired) electrons. The van der Waals surface area contributed by atoms with Crippen LogP contribution in [-0.4, -0.2) is 12.5 Å². The summed E-state index contributed by atoms with van der Waals surface area (Å²) in [6, 6.07) is 26.4. The lowest BCUT2D eigenvalue weighted by Crippen LogP contribution is -2.37. The lowest BCUT2D eigenvalue weighted by Gasteiger charge is -2.07. The van der Waals surface area contributed by atoms with E-state index in [2.05, 4.69) is 94.4 Å². The van der Waals surface area contributed by atoms with Crippen LogP contribution in [0.3, 0.4) is 0 Å². The van der Waals surface area contributed by atoms with Crippen molar-refractivity contribution in [2.75, 3.05) is 12.5 Å². The molecule has 0 unspecified atom stereocenters.